The molecule has 0 spiro atoms. The molecule has 1 aliphatic rings. The first-order chi connectivity index (χ1) is 16.5. The quantitative estimate of drug-likeness (QED) is 0.317. The second kappa shape index (κ2) is 7.71. The highest BCUT2D eigenvalue weighted by atomic mass is 32.1. The molecular weight excluding hydrogens is 456 g/mol. The van der Waals surface area contributed by atoms with Gasteiger partial charge in [0, 0.05) is 18.0 Å². The maximum atomic E-state index is 11.2. The molecule has 0 aliphatic carbocycles. The van der Waals surface area contributed by atoms with Gasteiger partial charge in [-0.05, 0) is 48.9 Å². The van der Waals surface area contributed by atoms with Crippen LogP contribution in [0.3, 0.4) is 0 Å². The molecule has 0 amide bonds. The van der Waals surface area contributed by atoms with Crippen LogP contribution in [0.5, 0.6) is 0 Å². The highest BCUT2D eigenvalue weighted by molar-refractivity contribution is 7.19. The smallest absolute Gasteiger partial charge is 0.400 e. The van der Waals surface area contributed by atoms with Gasteiger partial charge in [0.1, 0.15) is 10.3 Å². The van der Waals surface area contributed by atoms with E-state index in [0.717, 1.165) is 21.8 Å². The minimum atomic E-state index is -0.576. The molecule has 0 unspecified atom stereocenters. The lowest BCUT2D eigenvalue weighted by atomic mass is 10.2. The molecule has 0 atom stereocenters. The van der Waals surface area contributed by atoms with E-state index in [-0.39, 0.29) is 5.88 Å². The van der Waals surface area contributed by atoms with E-state index in [1.165, 1.54) is 17.4 Å². The van der Waals surface area contributed by atoms with E-state index in [2.05, 4.69) is 25.3 Å². The zero-order valence-corrected chi connectivity index (χ0v) is 18.4. The van der Waals surface area contributed by atoms with Gasteiger partial charge in [0.05, 0.1) is 21.7 Å². The SMILES string of the molecule is Cc1ccc2c(c1)=N/C(=c1\cc(-c3ccc([N+](=O)[O-])o3)sc3nnc(-c4ccncc4)n3[nH]1)N=2. The molecule has 166 valence electrons. The number of furan rings is 1. The van der Waals surface area contributed by atoms with Crippen LogP contribution in [0.15, 0.2) is 75.3 Å². The molecule has 1 N–H and O–H groups in total. The Morgan fingerprint density at radius 2 is 1.85 bits per heavy atom. The molecule has 5 aromatic rings. The number of nitrogens with one attached hydrogen (secondary N) is 1. The number of H-pyrrole nitrogens is 1. The van der Waals surface area contributed by atoms with Crippen molar-refractivity contribution in [2.24, 2.45) is 9.98 Å². The lowest BCUT2D eigenvalue weighted by Gasteiger charge is -1.97. The lowest BCUT2D eigenvalue weighted by molar-refractivity contribution is -0.401. The monoisotopic (exact) mass is 470 g/mol. The molecule has 1 aliphatic heterocycles. The summed E-state index contributed by atoms with van der Waals surface area (Å²) in [5.41, 5.74) is 1.89. The largest absolute Gasteiger partial charge is 0.433 e. The van der Waals surface area contributed by atoms with Gasteiger partial charge in [-0.15, -0.1) is 10.2 Å². The predicted molar refractivity (Wildman–Crippen MR) is 123 cm³/mol. The summed E-state index contributed by atoms with van der Waals surface area (Å²) in [6.45, 7) is 1.99. The normalized spacial score (nSPS) is 13.9. The third-order valence-electron chi connectivity index (χ3n) is 5.12. The van der Waals surface area contributed by atoms with Crippen LogP contribution >= 0.6 is 11.3 Å². The minimum Gasteiger partial charge on any atom is -0.400 e. The molecule has 5 heterocycles. The zero-order valence-electron chi connectivity index (χ0n) is 17.5. The highest BCUT2D eigenvalue weighted by Gasteiger charge is 2.16. The van der Waals surface area contributed by atoms with Crippen LogP contribution in [0.1, 0.15) is 5.56 Å². The fourth-order valence-corrected chi connectivity index (χ4v) is 4.41. The molecule has 0 radical (unpaired) electrons. The van der Waals surface area contributed by atoms with Gasteiger partial charge in [0.25, 0.3) is 0 Å². The van der Waals surface area contributed by atoms with Crippen LogP contribution in [0.25, 0.3) is 32.8 Å². The summed E-state index contributed by atoms with van der Waals surface area (Å²) < 4.78 is 7.19. The van der Waals surface area contributed by atoms with E-state index in [1.54, 1.807) is 29.0 Å². The molecule has 0 saturated heterocycles. The first kappa shape index (κ1) is 19.9. The zero-order chi connectivity index (χ0) is 23.2. The van der Waals surface area contributed by atoms with Gasteiger partial charge in [-0.1, -0.05) is 17.4 Å². The summed E-state index contributed by atoms with van der Waals surface area (Å²) in [4.78, 5) is 25.1. The third kappa shape index (κ3) is 3.42. The van der Waals surface area contributed by atoms with E-state index in [1.807, 2.05) is 37.3 Å². The fourth-order valence-electron chi connectivity index (χ4n) is 3.52. The first-order valence-corrected chi connectivity index (χ1v) is 10.9. The number of rotatable bonds is 3. The maximum absolute atomic E-state index is 11.2. The Kier molecular flexibility index (Phi) is 4.52. The van der Waals surface area contributed by atoms with Crippen molar-refractivity contribution in [2.75, 3.05) is 0 Å². The number of fused-ring (bicyclic) bond motifs is 2. The van der Waals surface area contributed by atoms with Crippen molar-refractivity contribution in [3.63, 3.8) is 0 Å². The van der Waals surface area contributed by atoms with Gasteiger partial charge in [0.15, 0.2) is 17.4 Å². The fraction of sp³-hybridized carbons (Fsp3) is 0.0455. The van der Waals surface area contributed by atoms with Crippen molar-refractivity contribution in [3.8, 4) is 22.0 Å². The van der Waals surface area contributed by atoms with Crippen molar-refractivity contribution < 1.29 is 9.34 Å². The van der Waals surface area contributed by atoms with E-state index in [0.29, 0.717) is 32.6 Å². The molecule has 0 saturated carbocycles. The van der Waals surface area contributed by atoms with Crippen LogP contribution in [0, 0.1) is 17.0 Å². The van der Waals surface area contributed by atoms with Crippen molar-refractivity contribution in [1.29, 1.82) is 0 Å². The number of aromatic amines is 1. The van der Waals surface area contributed by atoms with Crippen molar-refractivity contribution in [3.05, 3.63) is 92.7 Å². The summed E-state index contributed by atoms with van der Waals surface area (Å²) in [5.74, 6) is 1.00. The van der Waals surface area contributed by atoms with Gasteiger partial charge >= 0.3 is 5.88 Å². The molecule has 6 rings (SSSR count). The molecule has 11 nitrogen and oxygen atoms in total. The van der Waals surface area contributed by atoms with Gasteiger partial charge in [-0.2, -0.15) is 0 Å². The average molecular weight is 470 g/mol. The molecule has 1 aromatic carbocycles. The highest BCUT2D eigenvalue weighted by Crippen LogP contribution is 2.29. The van der Waals surface area contributed by atoms with Gasteiger partial charge in [0.2, 0.25) is 4.96 Å². The Bertz CT molecular complexity index is 1810. The summed E-state index contributed by atoms with van der Waals surface area (Å²) in [6, 6.07) is 14.2. The third-order valence-corrected chi connectivity index (χ3v) is 6.11. The number of nitro groups is 1. The summed E-state index contributed by atoms with van der Waals surface area (Å²) in [5, 5.41) is 25.2. The van der Waals surface area contributed by atoms with Gasteiger partial charge in [-0.3, -0.25) is 20.2 Å². The molecule has 4 aromatic heterocycles. The Morgan fingerprint density at radius 1 is 1.03 bits per heavy atom. The van der Waals surface area contributed by atoms with Crippen LogP contribution in [-0.2, 0) is 0 Å². The standard InChI is InChI=1S/C22H14N8O3S/c1-12-2-3-14-15(10-12)25-20(24-14)16-11-18(17-4-5-19(33-17)30(31)32)34-22-27-26-21(29(22)28-16)13-6-8-23-9-7-13/h2-11,28H,1H3/b20-16+. The number of aryl methyl sites for hydroxylation is 1. The predicted octanol–water partition coefficient (Wildman–Crippen LogP) is 2.52. The van der Waals surface area contributed by atoms with E-state index < -0.39 is 4.92 Å². The van der Waals surface area contributed by atoms with Crippen LogP contribution in [0.2, 0.25) is 0 Å². The Balaban J connectivity index is 1.68. The number of nitrogens with zero attached hydrogens (tertiary/aromatic N) is 7. The van der Waals surface area contributed by atoms with Crippen LogP contribution < -0.4 is 16.1 Å². The number of hydrogen-bond donors (Lipinski definition) is 1. The first-order valence-electron chi connectivity index (χ1n) is 10.1. The molecular formula is C22H14N8O3S. The lowest BCUT2D eigenvalue weighted by Crippen LogP contribution is -2.20. The Morgan fingerprint density at radius 3 is 2.65 bits per heavy atom. The van der Waals surface area contributed by atoms with E-state index >= 15 is 0 Å². The second-order valence-electron chi connectivity index (χ2n) is 7.45. The van der Waals surface area contributed by atoms with Gasteiger partial charge in [-0.25, -0.2) is 14.5 Å². The van der Waals surface area contributed by atoms with Crippen molar-refractivity contribution in [2.45, 2.75) is 6.92 Å². The maximum Gasteiger partial charge on any atom is 0.433 e. The van der Waals surface area contributed by atoms with Crippen molar-refractivity contribution >= 4 is 28.0 Å². The number of hydrogen-bond acceptors (Lipinski definition) is 9. The molecule has 0 bridgehead atoms. The topological polar surface area (TPSA) is 140 Å². The Hall–Kier alpha value is -4.71. The van der Waals surface area contributed by atoms with Crippen LogP contribution in [-0.4, -0.2) is 29.7 Å². The molecule has 0 fully saturated rings. The molecule has 12 heteroatoms. The van der Waals surface area contributed by atoms with Crippen molar-refractivity contribution in [1.82, 2.24) is 24.8 Å². The van der Waals surface area contributed by atoms with E-state index in [4.69, 9.17) is 9.41 Å². The molecule has 34 heavy (non-hydrogen) atoms. The minimum absolute atomic E-state index is 0.324. The summed E-state index contributed by atoms with van der Waals surface area (Å²) in [6.07, 6.45) is 3.35. The summed E-state index contributed by atoms with van der Waals surface area (Å²) in [7, 11) is 0. The van der Waals surface area contributed by atoms with Crippen LogP contribution in [0.4, 0.5) is 5.88 Å². The average Bonchev–Trinajstić information content (AvgIpc) is 3.55. The number of benzene rings is 1. The number of aromatic nitrogens is 5. The Labute approximate surface area is 193 Å². The number of pyridine rings is 1. The summed E-state index contributed by atoms with van der Waals surface area (Å²) >= 11 is 1.26. The van der Waals surface area contributed by atoms with E-state index in [9.17, 15) is 10.1 Å². The second-order valence-corrected chi connectivity index (χ2v) is 8.46. The van der Waals surface area contributed by atoms with Gasteiger partial charge < -0.3 is 4.42 Å².